The van der Waals surface area contributed by atoms with Crippen LogP contribution in [0.2, 0.25) is 0 Å². The lowest BCUT2D eigenvalue weighted by Crippen LogP contribution is -2.22. The molecule has 0 saturated carbocycles. The molecule has 0 atom stereocenters. The fraction of sp³-hybridized carbons (Fsp3) is 0.222. The summed E-state index contributed by atoms with van der Waals surface area (Å²) < 4.78 is 14.5. The van der Waals surface area contributed by atoms with E-state index in [1.54, 1.807) is 19.4 Å². The molecule has 0 N–H and O–H groups in total. The van der Waals surface area contributed by atoms with Gasteiger partial charge in [0.05, 0.1) is 28.7 Å². The van der Waals surface area contributed by atoms with Crippen molar-refractivity contribution in [1.82, 2.24) is 9.66 Å². The van der Waals surface area contributed by atoms with Crippen LogP contribution in [0.25, 0.3) is 10.9 Å². The first kappa shape index (κ1) is 25.1. The summed E-state index contributed by atoms with van der Waals surface area (Å²) in [4.78, 5) is 17.9. The van der Waals surface area contributed by atoms with Crippen LogP contribution in [0.4, 0.5) is 0 Å². The molecule has 8 heteroatoms. The quantitative estimate of drug-likeness (QED) is 0.213. The number of halogens is 2. The van der Waals surface area contributed by atoms with Crippen molar-refractivity contribution in [3.05, 3.63) is 96.4 Å². The predicted molar refractivity (Wildman–Crippen MR) is 147 cm³/mol. The average Bonchev–Trinajstić information content (AvgIpc) is 2.84. The normalized spacial score (nSPS) is 11.3. The topological polar surface area (TPSA) is 65.7 Å². The van der Waals surface area contributed by atoms with Crippen molar-refractivity contribution in [2.75, 3.05) is 7.11 Å². The van der Waals surface area contributed by atoms with Gasteiger partial charge in [0.25, 0.3) is 5.56 Å². The third kappa shape index (κ3) is 5.82. The van der Waals surface area contributed by atoms with Gasteiger partial charge in [-0.1, -0.05) is 52.7 Å². The Morgan fingerprint density at radius 3 is 2.57 bits per heavy atom. The Bertz CT molecular complexity index is 1450. The average molecular weight is 599 g/mol. The molecule has 4 rings (SSSR count). The number of hydrogen-bond donors (Lipinski definition) is 0. The molecule has 0 spiro atoms. The van der Waals surface area contributed by atoms with Gasteiger partial charge in [0.2, 0.25) is 0 Å². The minimum Gasteiger partial charge on any atom is -0.493 e. The minimum atomic E-state index is -0.208. The molecule has 0 unspecified atom stereocenters. The Morgan fingerprint density at radius 2 is 1.86 bits per heavy atom. The van der Waals surface area contributed by atoms with E-state index in [1.165, 1.54) is 10.2 Å². The Kier molecular flexibility index (Phi) is 8.03. The number of aryl methyl sites for hydroxylation is 2. The van der Waals surface area contributed by atoms with Gasteiger partial charge in [-0.2, -0.15) is 9.78 Å². The maximum atomic E-state index is 13.2. The largest absolute Gasteiger partial charge is 0.493 e. The van der Waals surface area contributed by atoms with Crippen molar-refractivity contribution >= 4 is 49.0 Å². The third-order valence-electron chi connectivity index (χ3n) is 5.43. The molecule has 6 nitrogen and oxygen atoms in total. The van der Waals surface area contributed by atoms with Crippen molar-refractivity contribution in [2.24, 2.45) is 5.10 Å². The van der Waals surface area contributed by atoms with Crippen LogP contribution in [0.3, 0.4) is 0 Å². The van der Waals surface area contributed by atoms with E-state index in [9.17, 15) is 4.79 Å². The third-order valence-corrected chi connectivity index (χ3v) is 6.51. The molecule has 180 valence electrons. The summed E-state index contributed by atoms with van der Waals surface area (Å²) in [7, 11) is 1.59. The zero-order valence-corrected chi connectivity index (χ0v) is 22.9. The molecule has 0 fully saturated rings. The number of ether oxygens (including phenoxy) is 2. The Morgan fingerprint density at radius 1 is 1.09 bits per heavy atom. The molecule has 0 aliphatic heterocycles. The summed E-state index contributed by atoms with van der Waals surface area (Å²) in [5.41, 5.74) is 3.47. The van der Waals surface area contributed by atoms with E-state index in [0.29, 0.717) is 41.3 Å². The van der Waals surface area contributed by atoms with Gasteiger partial charge in [0.15, 0.2) is 11.5 Å². The SMILES string of the molecule is CCCc1nc2ccc(Br)cc2c(=O)n1N=Cc1cc(Br)c(OCc2ccc(C)cc2)c(OC)c1. The Balaban J connectivity index is 1.66. The molecule has 0 amide bonds. The number of rotatable bonds is 8. The van der Waals surface area contributed by atoms with Gasteiger partial charge in [-0.15, -0.1) is 0 Å². The van der Waals surface area contributed by atoms with Gasteiger partial charge in [0.1, 0.15) is 12.4 Å². The van der Waals surface area contributed by atoms with Gasteiger partial charge in [-0.25, -0.2) is 4.98 Å². The molecule has 0 bridgehead atoms. The Labute approximate surface area is 220 Å². The van der Waals surface area contributed by atoms with E-state index in [2.05, 4.69) is 61.0 Å². The van der Waals surface area contributed by atoms with Crippen LogP contribution in [0, 0.1) is 6.92 Å². The van der Waals surface area contributed by atoms with Crippen molar-refractivity contribution in [3.8, 4) is 11.5 Å². The summed E-state index contributed by atoms with van der Waals surface area (Å²) in [6, 6.07) is 17.4. The molecule has 35 heavy (non-hydrogen) atoms. The summed E-state index contributed by atoms with van der Waals surface area (Å²) in [5.74, 6) is 1.79. The number of benzene rings is 3. The summed E-state index contributed by atoms with van der Waals surface area (Å²) in [6.07, 6.45) is 3.11. The van der Waals surface area contributed by atoms with Crippen molar-refractivity contribution < 1.29 is 9.47 Å². The second kappa shape index (κ2) is 11.2. The monoisotopic (exact) mass is 597 g/mol. The standard InChI is InChI=1S/C27H25Br2N3O3/c1-4-5-25-31-23-11-10-20(28)14-21(23)27(33)32(25)30-15-19-12-22(29)26(24(13-19)34-3)35-16-18-8-6-17(2)7-9-18/h6-15H,4-5,16H2,1-3H3. The summed E-state index contributed by atoms with van der Waals surface area (Å²) in [5, 5.41) is 5.02. The highest BCUT2D eigenvalue weighted by atomic mass is 79.9. The molecule has 1 heterocycles. The number of nitrogens with zero attached hydrogens (tertiary/aromatic N) is 3. The number of fused-ring (bicyclic) bond motifs is 1. The highest BCUT2D eigenvalue weighted by molar-refractivity contribution is 9.10. The zero-order valence-electron chi connectivity index (χ0n) is 19.7. The van der Waals surface area contributed by atoms with Crippen LogP contribution >= 0.6 is 31.9 Å². The Hall–Kier alpha value is -2.97. The van der Waals surface area contributed by atoms with Crippen LogP contribution in [0.15, 0.2) is 73.4 Å². The van der Waals surface area contributed by atoms with Crippen LogP contribution in [-0.2, 0) is 13.0 Å². The first-order valence-corrected chi connectivity index (χ1v) is 12.8. The molecule has 0 aliphatic rings. The molecular weight excluding hydrogens is 574 g/mol. The van der Waals surface area contributed by atoms with E-state index in [-0.39, 0.29) is 5.56 Å². The molecule has 4 aromatic rings. The van der Waals surface area contributed by atoms with E-state index in [0.717, 1.165) is 26.5 Å². The lowest BCUT2D eigenvalue weighted by atomic mass is 10.2. The van der Waals surface area contributed by atoms with Crippen LogP contribution in [0.1, 0.15) is 35.9 Å². The zero-order chi connectivity index (χ0) is 24.9. The lowest BCUT2D eigenvalue weighted by Gasteiger charge is -2.14. The maximum Gasteiger partial charge on any atom is 0.282 e. The minimum absolute atomic E-state index is 0.208. The van der Waals surface area contributed by atoms with E-state index in [1.807, 2.05) is 43.3 Å². The first-order chi connectivity index (χ1) is 16.9. The highest BCUT2D eigenvalue weighted by Gasteiger charge is 2.13. The molecule has 1 aromatic heterocycles. The predicted octanol–water partition coefficient (Wildman–Crippen LogP) is 6.65. The summed E-state index contributed by atoms with van der Waals surface area (Å²) >= 11 is 7.02. The van der Waals surface area contributed by atoms with Crippen molar-refractivity contribution in [1.29, 1.82) is 0 Å². The van der Waals surface area contributed by atoms with Gasteiger partial charge in [-0.3, -0.25) is 4.79 Å². The van der Waals surface area contributed by atoms with Crippen molar-refractivity contribution in [2.45, 2.75) is 33.3 Å². The van der Waals surface area contributed by atoms with Crippen molar-refractivity contribution in [3.63, 3.8) is 0 Å². The first-order valence-electron chi connectivity index (χ1n) is 11.2. The molecule has 0 radical (unpaired) electrons. The fourth-order valence-corrected chi connectivity index (χ4v) is 4.55. The second-order valence-corrected chi connectivity index (χ2v) is 9.88. The second-order valence-electron chi connectivity index (χ2n) is 8.11. The van der Waals surface area contributed by atoms with Gasteiger partial charge in [-0.05, 0) is 70.7 Å². The van der Waals surface area contributed by atoms with Gasteiger partial charge < -0.3 is 9.47 Å². The smallest absolute Gasteiger partial charge is 0.282 e. The van der Waals surface area contributed by atoms with Gasteiger partial charge in [0, 0.05) is 10.9 Å². The fourth-order valence-electron chi connectivity index (χ4n) is 3.62. The van der Waals surface area contributed by atoms with Crippen LogP contribution in [0.5, 0.6) is 11.5 Å². The number of aromatic nitrogens is 2. The van der Waals surface area contributed by atoms with E-state index in [4.69, 9.17) is 9.47 Å². The number of methoxy groups -OCH3 is 1. The van der Waals surface area contributed by atoms with E-state index >= 15 is 0 Å². The number of hydrogen-bond acceptors (Lipinski definition) is 5. The molecule has 0 saturated heterocycles. The van der Waals surface area contributed by atoms with Crippen LogP contribution in [-0.4, -0.2) is 23.0 Å². The lowest BCUT2D eigenvalue weighted by molar-refractivity contribution is 0.282. The molecular formula is C27H25Br2N3O3. The van der Waals surface area contributed by atoms with E-state index < -0.39 is 0 Å². The maximum absolute atomic E-state index is 13.2. The molecule has 0 aliphatic carbocycles. The van der Waals surface area contributed by atoms with Crippen LogP contribution < -0.4 is 15.0 Å². The summed E-state index contributed by atoms with van der Waals surface area (Å²) in [6.45, 7) is 4.51. The highest BCUT2D eigenvalue weighted by Crippen LogP contribution is 2.37. The van der Waals surface area contributed by atoms with Gasteiger partial charge >= 0.3 is 0 Å². The molecule has 3 aromatic carbocycles.